The molecule has 25 heavy (non-hydrogen) atoms. The van der Waals surface area contributed by atoms with Crippen LogP contribution in [-0.2, 0) is 16.0 Å². The van der Waals surface area contributed by atoms with Gasteiger partial charge in [-0.05, 0) is 20.3 Å². The van der Waals surface area contributed by atoms with Gasteiger partial charge >= 0.3 is 10.6 Å². The molecule has 1 aromatic rings. The zero-order valence-corrected chi connectivity index (χ0v) is 16.6. The van der Waals surface area contributed by atoms with Crippen molar-refractivity contribution >= 4 is 27.8 Å². The Balaban J connectivity index is 0.000000705. The van der Waals surface area contributed by atoms with E-state index in [1.54, 1.807) is 0 Å². The van der Waals surface area contributed by atoms with E-state index in [0.717, 1.165) is 18.5 Å². The van der Waals surface area contributed by atoms with Gasteiger partial charge in [-0.1, -0.05) is 32.4 Å². The Labute approximate surface area is 151 Å². The van der Waals surface area contributed by atoms with Gasteiger partial charge in [0.25, 0.3) is 0 Å². The minimum absolute atomic E-state index is 0.0525. The van der Waals surface area contributed by atoms with E-state index in [1.807, 2.05) is 12.1 Å². The van der Waals surface area contributed by atoms with Gasteiger partial charge in [-0.25, -0.2) is 0 Å². The van der Waals surface area contributed by atoms with E-state index < -0.39 is 10.6 Å². The standard InChI is InChI=1S/C19H28NO.O3S/c1-6-8-13-20-14(3)19(4,5)18-15(17(21)10-7-2)11-9-12-16(18)20;1-4(2)3/h9,11-12H,6-8,10,13H2,1-5H3;/q+1;. The fourth-order valence-electron chi connectivity index (χ4n) is 3.32. The molecule has 0 N–H and O–H groups in total. The number of nitrogens with zero attached hydrogens (tertiary/aromatic N) is 1. The molecule has 0 saturated heterocycles. The maximum atomic E-state index is 12.5. The second kappa shape index (κ2) is 9.04. The highest BCUT2D eigenvalue weighted by atomic mass is 32.2. The van der Waals surface area contributed by atoms with Gasteiger partial charge in [0.1, 0.15) is 6.54 Å². The van der Waals surface area contributed by atoms with Gasteiger partial charge < -0.3 is 0 Å². The molecule has 1 heterocycles. The van der Waals surface area contributed by atoms with Crippen LogP contribution < -0.4 is 0 Å². The summed E-state index contributed by atoms with van der Waals surface area (Å²) in [6.07, 6.45) is 3.92. The Morgan fingerprint density at radius 2 is 1.72 bits per heavy atom. The van der Waals surface area contributed by atoms with Crippen molar-refractivity contribution < 1.29 is 22.0 Å². The summed E-state index contributed by atoms with van der Waals surface area (Å²) < 4.78 is 27.8. The smallest absolute Gasteiger partial charge is 0.294 e. The van der Waals surface area contributed by atoms with Crippen molar-refractivity contribution in [3.05, 3.63) is 29.3 Å². The molecule has 1 aromatic carbocycles. The molecule has 1 aliphatic heterocycles. The molecule has 0 unspecified atom stereocenters. The van der Waals surface area contributed by atoms with Crippen molar-refractivity contribution in [1.29, 1.82) is 0 Å². The van der Waals surface area contributed by atoms with Crippen LogP contribution in [0.1, 0.15) is 76.2 Å². The maximum Gasteiger partial charge on any atom is 0.425 e. The van der Waals surface area contributed by atoms with E-state index in [-0.39, 0.29) is 11.2 Å². The lowest BCUT2D eigenvalue weighted by Crippen LogP contribution is -2.28. The number of hydrogen-bond donors (Lipinski definition) is 0. The van der Waals surface area contributed by atoms with Crippen LogP contribution in [0.25, 0.3) is 0 Å². The van der Waals surface area contributed by atoms with Crippen LogP contribution in [-0.4, -0.2) is 35.2 Å². The van der Waals surface area contributed by atoms with Crippen LogP contribution in [0.5, 0.6) is 0 Å². The topological polar surface area (TPSA) is 71.3 Å². The van der Waals surface area contributed by atoms with Gasteiger partial charge in [-0.3, -0.25) is 4.79 Å². The van der Waals surface area contributed by atoms with Crippen LogP contribution in [0, 0.1) is 0 Å². The third kappa shape index (κ3) is 4.84. The molecule has 1 aliphatic rings. The minimum Gasteiger partial charge on any atom is -0.294 e. The van der Waals surface area contributed by atoms with E-state index in [2.05, 4.69) is 45.3 Å². The maximum absolute atomic E-state index is 12.5. The molecular weight excluding hydrogens is 338 g/mol. The number of unbranched alkanes of at least 4 members (excludes halogenated alkanes) is 1. The Kier molecular flexibility index (Phi) is 7.67. The molecule has 0 spiro atoms. The SMILES string of the molecule is CCCC[N+]1=C(C)C(C)(C)c2c(C(=O)CCC)cccc21.O=S(=O)=O. The molecule has 0 amide bonds. The molecule has 5 nitrogen and oxygen atoms in total. The van der Waals surface area contributed by atoms with Crippen LogP contribution in [0.4, 0.5) is 5.69 Å². The number of carbonyl (C=O) groups is 1. The van der Waals surface area contributed by atoms with E-state index in [0.29, 0.717) is 6.42 Å². The van der Waals surface area contributed by atoms with Crippen molar-refractivity contribution in [3.8, 4) is 0 Å². The first-order valence-corrected chi connectivity index (χ1v) is 9.73. The first-order valence-electron chi connectivity index (χ1n) is 8.73. The first kappa shape index (κ1) is 21.2. The summed E-state index contributed by atoms with van der Waals surface area (Å²) in [7, 11) is -3.11. The zero-order valence-electron chi connectivity index (χ0n) is 15.8. The van der Waals surface area contributed by atoms with Crippen molar-refractivity contribution in [2.75, 3.05) is 6.54 Å². The van der Waals surface area contributed by atoms with Crippen LogP contribution in [0.15, 0.2) is 18.2 Å². The number of rotatable bonds is 6. The van der Waals surface area contributed by atoms with Gasteiger partial charge in [0.05, 0.1) is 11.0 Å². The van der Waals surface area contributed by atoms with Crippen LogP contribution in [0.3, 0.4) is 0 Å². The number of ketones is 1. The molecule has 138 valence electrons. The second-order valence-corrected chi connectivity index (χ2v) is 7.20. The molecule has 0 saturated carbocycles. The highest BCUT2D eigenvalue weighted by molar-refractivity contribution is 7.59. The lowest BCUT2D eigenvalue weighted by molar-refractivity contribution is -0.439. The van der Waals surface area contributed by atoms with Gasteiger partial charge in [-0.15, -0.1) is 12.6 Å². The number of Topliss-reactive ketones (excluding diaryl/α,β-unsaturated/α-hetero) is 1. The van der Waals surface area contributed by atoms with Gasteiger partial charge in [0, 0.05) is 31.4 Å². The number of hydrogen-bond acceptors (Lipinski definition) is 4. The summed E-state index contributed by atoms with van der Waals surface area (Å²) in [5.74, 6) is 0.285. The van der Waals surface area contributed by atoms with E-state index >= 15 is 0 Å². The molecule has 0 radical (unpaired) electrons. The van der Waals surface area contributed by atoms with E-state index in [9.17, 15) is 4.79 Å². The molecule has 0 bridgehead atoms. The average molecular weight is 367 g/mol. The lowest BCUT2D eigenvalue weighted by Gasteiger charge is -2.18. The molecule has 0 aliphatic carbocycles. The minimum atomic E-state index is -3.11. The number of fused-ring (bicyclic) bond motifs is 1. The Morgan fingerprint density at radius 1 is 1.12 bits per heavy atom. The highest BCUT2D eigenvalue weighted by Gasteiger charge is 2.45. The predicted octanol–water partition coefficient (Wildman–Crippen LogP) is 3.86. The van der Waals surface area contributed by atoms with Crippen molar-refractivity contribution in [2.24, 2.45) is 0 Å². The average Bonchev–Trinajstić information content (AvgIpc) is 2.72. The lowest BCUT2D eigenvalue weighted by atomic mass is 9.78. The predicted molar refractivity (Wildman–Crippen MR) is 98.8 cm³/mol. The summed E-state index contributed by atoms with van der Waals surface area (Å²) in [6.45, 7) is 12.0. The molecular formula is C19H28NO4S+. The third-order valence-electron chi connectivity index (χ3n) is 4.78. The Bertz CT molecular complexity index is 770. The largest absolute Gasteiger partial charge is 0.425 e. The quantitative estimate of drug-likeness (QED) is 0.566. The van der Waals surface area contributed by atoms with Crippen LogP contribution >= 0.6 is 0 Å². The fraction of sp³-hybridized carbons (Fsp3) is 0.579. The number of benzene rings is 1. The van der Waals surface area contributed by atoms with Gasteiger partial charge in [0.15, 0.2) is 11.5 Å². The normalized spacial score (nSPS) is 14.6. The van der Waals surface area contributed by atoms with Gasteiger partial charge in [-0.2, -0.15) is 4.58 Å². The zero-order chi connectivity index (χ0) is 19.2. The molecule has 0 atom stereocenters. The number of carbonyl (C=O) groups excluding carboxylic acids is 1. The Morgan fingerprint density at radius 3 is 2.24 bits per heavy atom. The molecule has 0 aromatic heterocycles. The summed E-state index contributed by atoms with van der Waals surface area (Å²) in [5.41, 5.74) is 4.72. The monoisotopic (exact) mass is 366 g/mol. The van der Waals surface area contributed by atoms with E-state index in [4.69, 9.17) is 12.6 Å². The molecule has 0 fully saturated rings. The fourth-order valence-corrected chi connectivity index (χ4v) is 3.32. The van der Waals surface area contributed by atoms with E-state index in [1.165, 1.54) is 29.8 Å². The highest BCUT2D eigenvalue weighted by Crippen LogP contribution is 2.42. The summed E-state index contributed by atoms with van der Waals surface area (Å²) in [6, 6.07) is 6.22. The summed E-state index contributed by atoms with van der Waals surface area (Å²) >= 11 is 0. The first-order chi connectivity index (χ1) is 11.7. The Hall–Kier alpha value is -1.82. The van der Waals surface area contributed by atoms with Crippen LogP contribution in [0.2, 0.25) is 0 Å². The van der Waals surface area contributed by atoms with Crippen molar-refractivity contribution in [2.45, 2.75) is 65.7 Å². The van der Waals surface area contributed by atoms with Gasteiger partial charge in [0.2, 0.25) is 5.69 Å². The van der Waals surface area contributed by atoms with Crippen molar-refractivity contribution in [3.63, 3.8) is 0 Å². The third-order valence-corrected chi connectivity index (χ3v) is 4.78. The summed E-state index contributed by atoms with van der Waals surface area (Å²) in [5, 5.41) is 0. The molecule has 6 heteroatoms. The summed E-state index contributed by atoms with van der Waals surface area (Å²) in [4.78, 5) is 12.5. The molecule has 2 rings (SSSR count). The second-order valence-electron chi connectivity index (χ2n) is 6.79. The van der Waals surface area contributed by atoms with Crippen molar-refractivity contribution in [1.82, 2.24) is 0 Å².